The summed E-state index contributed by atoms with van der Waals surface area (Å²) in [7, 11) is 0. The van der Waals surface area contributed by atoms with E-state index in [1.807, 2.05) is 55.5 Å². The first-order valence-electron chi connectivity index (χ1n) is 9.43. The van der Waals surface area contributed by atoms with Crippen LogP contribution in [-0.4, -0.2) is 34.3 Å². The first kappa shape index (κ1) is 19.2. The van der Waals surface area contributed by atoms with Crippen LogP contribution in [0.2, 0.25) is 0 Å². The van der Waals surface area contributed by atoms with Crippen molar-refractivity contribution < 1.29 is 14.4 Å². The van der Waals surface area contributed by atoms with Crippen molar-refractivity contribution in [3.63, 3.8) is 0 Å². The van der Waals surface area contributed by atoms with Gasteiger partial charge in [-0.2, -0.15) is 0 Å². The standard InChI is InChI=1S/C23H20N2O3S/c1-2-24(20-11-10-17-7-3-4-8-18(17)13-20)22(27)19-9-5-6-16(12-19)14-25-21(26)15-29-23(25)28/h3-13H,2,14-15H2,1H3. The Hall–Kier alpha value is -3.12. The zero-order valence-corrected chi connectivity index (χ0v) is 16.8. The molecule has 1 saturated heterocycles. The molecule has 3 aromatic rings. The van der Waals surface area contributed by atoms with Crippen molar-refractivity contribution in [3.05, 3.63) is 77.9 Å². The lowest BCUT2D eigenvalue weighted by Crippen LogP contribution is -2.31. The maximum Gasteiger partial charge on any atom is 0.289 e. The molecule has 0 aliphatic carbocycles. The average Bonchev–Trinajstić information content (AvgIpc) is 3.06. The fraction of sp³-hybridized carbons (Fsp3) is 0.174. The molecule has 1 heterocycles. The van der Waals surface area contributed by atoms with Crippen molar-refractivity contribution in [2.75, 3.05) is 17.2 Å². The van der Waals surface area contributed by atoms with E-state index >= 15 is 0 Å². The molecule has 1 aliphatic heterocycles. The Bertz CT molecular complexity index is 1100. The highest BCUT2D eigenvalue weighted by Crippen LogP contribution is 2.25. The summed E-state index contributed by atoms with van der Waals surface area (Å²) < 4.78 is 0. The monoisotopic (exact) mass is 404 g/mol. The molecule has 1 fully saturated rings. The van der Waals surface area contributed by atoms with Crippen molar-refractivity contribution in [2.24, 2.45) is 0 Å². The minimum atomic E-state index is -0.238. The van der Waals surface area contributed by atoms with Crippen molar-refractivity contribution in [3.8, 4) is 0 Å². The Labute approximate surface area is 173 Å². The van der Waals surface area contributed by atoms with Gasteiger partial charge >= 0.3 is 0 Å². The minimum absolute atomic E-state index is 0.113. The highest BCUT2D eigenvalue weighted by Gasteiger charge is 2.30. The molecule has 3 amide bonds. The van der Waals surface area contributed by atoms with Gasteiger partial charge in [0, 0.05) is 17.8 Å². The Morgan fingerprint density at radius 3 is 2.52 bits per heavy atom. The van der Waals surface area contributed by atoms with Gasteiger partial charge in [0.05, 0.1) is 12.3 Å². The molecule has 4 rings (SSSR count). The quantitative estimate of drug-likeness (QED) is 0.618. The summed E-state index contributed by atoms with van der Waals surface area (Å²) in [6.07, 6.45) is 0. The minimum Gasteiger partial charge on any atom is -0.309 e. The molecule has 0 radical (unpaired) electrons. The fourth-order valence-electron chi connectivity index (χ4n) is 3.46. The van der Waals surface area contributed by atoms with Crippen LogP contribution in [0.15, 0.2) is 66.7 Å². The SMILES string of the molecule is CCN(C(=O)c1cccc(CN2C(=O)CSC2=O)c1)c1ccc2ccccc2c1. The maximum absolute atomic E-state index is 13.2. The lowest BCUT2D eigenvalue weighted by molar-refractivity contribution is -0.125. The molecule has 0 atom stereocenters. The number of imide groups is 1. The Balaban J connectivity index is 1.60. The second-order valence-electron chi connectivity index (χ2n) is 6.82. The second-order valence-corrected chi connectivity index (χ2v) is 7.74. The number of anilines is 1. The van der Waals surface area contributed by atoms with E-state index in [2.05, 4.69) is 0 Å². The van der Waals surface area contributed by atoms with Crippen LogP contribution in [0, 0.1) is 0 Å². The summed E-state index contributed by atoms with van der Waals surface area (Å²) in [5.74, 6) is -0.121. The average molecular weight is 404 g/mol. The number of amides is 3. The molecule has 0 saturated carbocycles. The predicted molar refractivity (Wildman–Crippen MR) is 116 cm³/mol. The highest BCUT2D eigenvalue weighted by molar-refractivity contribution is 8.14. The van der Waals surface area contributed by atoms with Crippen molar-refractivity contribution >= 4 is 45.3 Å². The van der Waals surface area contributed by atoms with Crippen LogP contribution < -0.4 is 4.90 Å². The molecule has 146 valence electrons. The van der Waals surface area contributed by atoms with Gasteiger partial charge in [0.2, 0.25) is 5.91 Å². The number of hydrogen-bond acceptors (Lipinski definition) is 4. The van der Waals surface area contributed by atoms with Crippen molar-refractivity contribution in [2.45, 2.75) is 13.5 Å². The van der Waals surface area contributed by atoms with Gasteiger partial charge < -0.3 is 4.90 Å². The van der Waals surface area contributed by atoms with Gasteiger partial charge in [-0.3, -0.25) is 19.3 Å². The van der Waals surface area contributed by atoms with Crippen LogP contribution in [0.4, 0.5) is 10.5 Å². The number of rotatable bonds is 5. The molecular weight excluding hydrogens is 384 g/mol. The molecule has 0 unspecified atom stereocenters. The lowest BCUT2D eigenvalue weighted by Gasteiger charge is -2.22. The fourth-order valence-corrected chi connectivity index (χ4v) is 4.19. The van der Waals surface area contributed by atoms with E-state index in [9.17, 15) is 14.4 Å². The summed E-state index contributed by atoms with van der Waals surface area (Å²) in [6, 6.07) is 21.2. The molecule has 0 aromatic heterocycles. The molecule has 0 bridgehead atoms. The number of benzene rings is 3. The molecule has 29 heavy (non-hydrogen) atoms. The van der Waals surface area contributed by atoms with Gasteiger partial charge in [-0.1, -0.05) is 54.2 Å². The van der Waals surface area contributed by atoms with Crippen LogP contribution in [0.25, 0.3) is 10.8 Å². The Morgan fingerprint density at radius 1 is 1.00 bits per heavy atom. The third-order valence-electron chi connectivity index (χ3n) is 4.96. The second kappa shape index (κ2) is 8.09. The number of thioether (sulfide) groups is 1. The van der Waals surface area contributed by atoms with Gasteiger partial charge in [-0.05, 0) is 47.5 Å². The van der Waals surface area contributed by atoms with E-state index in [4.69, 9.17) is 0 Å². The zero-order valence-electron chi connectivity index (χ0n) is 16.0. The number of carbonyl (C=O) groups excluding carboxylic acids is 3. The van der Waals surface area contributed by atoms with Gasteiger partial charge in [-0.25, -0.2) is 0 Å². The lowest BCUT2D eigenvalue weighted by atomic mass is 10.1. The molecule has 1 aliphatic rings. The molecule has 6 heteroatoms. The smallest absolute Gasteiger partial charge is 0.289 e. The predicted octanol–water partition coefficient (Wildman–Crippen LogP) is 4.70. The number of carbonyl (C=O) groups is 3. The molecule has 0 N–H and O–H groups in total. The van der Waals surface area contributed by atoms with Crippen LogP contribution in [0.5, 0.6) is 0 Å². The van der Waals surface area contributed by atoms with Crippen molar-refractivity contribution in [1.82, 2.24) is 4.90 Å². The first-order chi connectivity index (χ1) is 14.1. The number of hydrogen-bond donors (Lipinski definition) is 0. The largest absolute Gasteiger partial charge is 0.309 e. The van der Waals surface area contributed by atoms with Crippen molar-refractivity contribution in [1.29, 1.82) is 0 Å². The van der Waals surface area contributed by atoms with Crippen LogP contribution in [0.3, 0.4) is 0 Å². The maximum atomic E-state index is 13.2. The number of nitrogens with zero attached hydrogens (tertiary/aromatic N) is 2. The first-order valence-corrected chi connectivity index (χ1v) is 10.4. The molecule has 3 aromatic carbocycles. The third-order valence-corrected chi connectivity index (χ3v) is 5.82. The van der Waals surface area contributed by atoms with E-state index < -0.39 is 0 Å². The third kappa shape index (κ3) is 3.89. The zero-order chi connectivity index (χ0) is 20.4. The summed E-state index contributed by atoms with van der Waals surface area (Å²) >= 11 is 1.01. The normalized spacial score (nSPS) is 13.9. The topological polar surface area (TPSA) is 57.7 Å². The van der Waals surface area contributed by atoms with E-state index in [1.165, 1.54) is 4.90 Å². The van der Waals surface area contributed by atoms with E-state index in [0.29, 0.717) is 12.1 Å². The van der Waals surface area contributed by atoms with Crippen LogP contribution >= 0.6 is 11.8 Å². The summed E-state index contributed by atoms with van der Waals surface area (Å²) in [4.78, 5) is 39.9. The van der Waals surface area contributed by atoms with E-state index in [-0.39, 0.29) is 29.4 Å². The van der Waals surface area contributed by atoms with Gasteiger partial charge in [0.1, 0.15) is 0 Å². The van der Waals surface area contributed by atoms with E-state index in [1.54, 1.807) is 23.1 Å². The summed E-state index contributed by atoms with van der Waals surface area (Å²) in [5.41, 5.74) is 2.13. The van der Waals surface area contributed by atoms with Gasteiger partial charge in [0.15, 0.2) is 0 Å². The molecular formula is C23H20N2O3S. The Morgan fingerprint density at radius 2 is 1.79 bits per heavy atom. The summed E-state index contributed by atoms with van der Waals surface area (Å²) in [5, 5.41) is 1.96. The van der Waals surface area contributed by atoms with E-state index in [0.717, 1.165) is 33.8 Å². The molecule has 5 nitrogen and oxygen atoms in total. The van der Waals surface area contributed by atoms with Crippen LogP contribution in [0.1, 0.15) is 22.8 Å². The van der Waals surface area contributed by atoms with Crippen LogP contribution in [-0.2, 0) is 11.3 Å². The van der Waals surface area contributed by atoms with Gasteiger partial charge in [0.25, 0.3) is 11.1 Å². The highest BCUT2D eigenvalue weighted by atomic mass is 32.2. The number of fused-ring (bicyclic) bond motifs is 1. The Kier molecular flexibility index (Phi) is 5.36. The van der Waals surface area contributed by atoms with Gasteiger partial charge in [-0.15, -0.1) is 0 Å². The summed E-state index contributed by atoms with van der Waals surface area (Å²) in [6.45, 7) is 2.66. The molecule has 0 spiro atoms.